The van der Waals surface area contributed by atoms with Crippen LogP contribution in [0.25, 0.3) is 5.69 Å². The second-order valence-corrected chi connectivity index (χ2v) is 10.6. The van der Waals surface area contributed by atoms with Crippen molar-refractivity contribution in [1.29, 1.82) is 0 Å². The molecule has 1 aromatic heterocycles. The van der Waals surface area contributed by atoms with Crippen molar-refractivity contribution in [3.05, 3.63) is 66.0 Å². The Morgan fingerprint density at radius 3 is 1.86 bits per heavy atom. The minimum Gasteiger partial charge on any atom is -0.489 e. The summed E-state index contributed by atoms with van der Waals surface area (Å²) in [5, 5.41) is 12.0. The second-order valence-electron chi connectivity index (χ2n) is 7.36. The summed E-state index contributed by atoms with van der Waals surface area (Å²) in [6.45, 7) is 0.568. The monoisotopic (exact) mass is 574 g/mol. The van der Waals surface area contributed by atoms with Crippen molar-refractivity contribution in [2.45, 2.75) is 36.4 Å². The third-order valence-corrected chi connectivity index (χ3v) is 7.08. The van der Waals surface area contributed by atoms with Gasteiger partial charge in [0.1, 0.15) is 12.4 Å². The number of ether oxygens (including phenoxy) is 1. The fraction of sp³-hybridized carbons (Fsp3) is 0.316. The van der Waals surface area contributed by atoms with Gasteiger partial charge in [0.25, 0.3) is 0 Å². The van der Waals surface area contributed by atoms with E-state index in [1.807, 2.05) is 50.8 Å². The van der Waals surface area contributed by atoms with Crippen molar-refractivity contribution in [3.63, 3.8) is 0 Å². The summed E-state index contributed by atoms with van der Waals surface area (Å²) >= 11 is 0. The van der Waals surface area contributed by atoms with Crippen molar-refractivity contribution >= 4 is 20.2 Å². The standard InChI is InChI=1S/C17H16N4O.C2F6O5S2/c1-2-4-13(5-3-1)12-22-16-10-8-15(9-11-16)21-17(14-6-7-14)18-19-20-21;3-1(4,5)14(9,10)13-15(11,12)2(6,7)8/h1-5,8-11,14H,6-7,12H2;. The average molecular weight is 574 g/mol. The highest BCUT2D eigenvalue weighted by atomic mass is 32.3. The lowest BCUT2D eigenvalue weighted by Gasteiger charge is -2.09. The Kier molecular flexibility index (Phi) is 8.13. The Balaban J connectivity index is 0.000000225. The fourth-order valence-electron chi connectivity index (χ4n) is 2.59. The quantitative estimate of drug-likeness (QED) is 0.305. The number of hydrogen-bond acceptors (Lipinski definition) is 9. The van der Waals surface area contributed by atoms with Crippen LogP contribution in [0.4, 0.5) is 26.3 Å². The number of benzene rings is 2. The smallest absolute Gasteiger partial charge is 0.489 e. The van der Waals surface area contributed by atoms with Crippen LogP contribution >= 0.6 is 0 Å². The molecule has 1 aliphatic rings. The molecule has 4 rings (SSSR count). The van der Waals surface area contributed by atoms with E-state index in [2.05, 4.69) is 27.7 Å². The lowest BCUT2D eigenvalue weighted by molar-refractivity contribution is -0.0585. The van der Waals surface area contributed by atoms with Gasteiger partial charge in [-0.25, -0.2) is 0 Å². The molecule has 37 heavy (non-hydrogen) atoms. The van der Waals surface area contributed by atoms with Crippen molar-refractivity contribution in [3.8, 4) is 11.4 Å². The molecule has 1 saturated carbocycles. The second kappa shape index (κ2) is 10.6. The zero-order chi connectivity index (χ0) is 27.5. The van der Waals surface area contributed by atoms with Crippen LogP contribution in [-0.4, -0.2) is 48.1 Å². The van der Waals surface area contributed by atoms with Gasteiger partial charge in [-0.3, -0.25) is 0 Å². The molecule has 0 unspecified atom stereocenters. The Morgan fingerprint density at radius 1 is 0.838 bits per heavy atom. The number of aromatic nitrogens is 4. The number of nitrogens with zero attached hydrogens (tertiary/aromatic N) is 4. The molecule has 0 amide bonds. The van der Waals surface area contributed by atoms with Crippen molar-refractivity contribution in [2.75, 3.05) is 0 Å². The van der Waals surface area contributed by atoms with Crippen molar-refractivity contribution in [2.24, 2.45) is 0 Å². The van der Waals surface area contributed by atoms with E-state index in [-0.39, 0.29) is 0 Å². The molecule has 3 aromatic rings. The maximum atomic E-state index is 11.4. The van der Waals surface area contributed by atoms with E-state index in [0.717, 1.165) is 22.8 Å². The van der Waals surface area contributed by atoms with Crippen LogP contribution in [0.2, 0.25) is 0 Å². The zero-order valence-corrected chi connectivity index (χ0v) is 19.9. The highest BCUT2D eigenvalue weighted by Crippen LogP contribution is 2.39. The van der Waals surface area contributed by atoms with Gasteiger partial charge in [-0.1, -0.05) is 30.3 Å². The average Bonchev–Trinajstić information content (AvgIpc) is 3.53. The van der Waals surface area contributed by atoms with E-state index in [0.29, 0.717) is 12.5 Å². The van der Waals surface area contributed by atoms with Crippen LogP contribution in [0.5, 0.6) is 5.75 Å². The lowest BCUT2D eigenvalue weighted by atomic mass is 10.2. The molecule has 0 spiro atoms. The van der Waals surface area contributed by atoms with Crippen LogP contribution in [0, 0.1) is 0 Å². The summed E-state index contributed by atoms with van der Waals surface area (Å²) in [6.07, 6.45) is 2.36. The Bertz CT molecular complexity index is 1360. The Morgan fingerprint density at radius 2 is 1.38 bits per heavy atom. The highest BCUT2D eigenvalue weighted by Gasteiger charge is 2.57. The molecule has 18 heteroatoms. The molecule has 0 radical (unpaired) electrons. The Labute approximate surface area is 206 Å². The molecular weight excluding hydrogens is 558 g/mol. The number of hydrogen-bond donors (Lipinski definition) is 0. The molecule has 0 atom stereocenters. The van der Waals surface area contributed by atoms with Crippen LogP contribution < -0.4 is 4.74 Å². The van der Waals surface area contributed by atoms with Crippen LogP contribution in [0.3, 0.4) is 0 Å². The van der Waals surface area contributed by atoms with Gasteiger partial charge in [-0.15, -0.1) is 8.73 Å². The third kappa shape index (κ3) is 7.39. The molecule has 0 bridgehead atoms. The summed E-state index contributed by atoms with van der Waals surface area (Å²) in [5.41, 5.74) is -10.4. The predicted octanol–water partition coefficient (Wildman–Crippen LogP) is 3.82. The van der Waals surface area contributed by atoms with Gasteiger partial charge in [0.15, 0.2) is 5.82 Å². The van der Waals surface area contributed by atoms with Crippen LogP contribution in [-0.2, 0) is 30.5 Å². The summed E-state index contributed by atoms with van der Waals surface area (Å²) < 4.78 is 118. The number of halogens is 6. The largest absolute Gasteiger partial charge is 0.524 e. The summed E-state index contributed by atoms with van der Waals surface area (Å²) in [6, 6.07) is 18.0. The fourth-order valence-corrected chi connectivity index (χ4v) is 4.15. The summed E-state index contributed by atoms with van der Waals surface area (Å²) in [7, 11) is -13.7. The number of rotatable bonds is 7. The van der Waals surface area contributed by atoms with Gasteiger partial charge >= 0.3 is 31.3 Å². The Hall–Kier alpha value is -3.25. The van der Waals surface area contributed by atoms with E-state index in [1.165, 1.54) is 12.8 Å². The van der Waals surface area contributed by atoms with E-state index in [4.69, 9.17) is 4.74 Å². The topological polar surface area (TPSA) is 130 Å². The molecule has 202 valence electrons. The van der Waals surface area contributed by atoms with Crippen LogP contribution in [0.15, 0.2) is 54.6 Å². The van der Waals surface area contributed by atoms with Crippen LogP contribution in [0.1, 0.15) is 30.1 Å². The van der Waals surface area contributed by atoms with E-state index < -0.39 is 31.3 Å². The molecule has 1 aliphatic carbocycles. The predicted molar refractivity (Wildman–Crippen MR) is 113 cm³/mol. The third-order valence-electron chi connectivity index (χ3n) is 4.51. The van der Waals surface area contributed by atoms with Crippen molar-refractivity contribution < 1.29 is 51.5 Å². The number of alkyl halides is 6. The van der Waals surface area contributed by atoms with Gasteiger partial charge in [-0.05, 0) is 53.1 Å². The van der Waals surface area contributed by atoms with Gasteiger partial charge in [0.05, 0.1) is 5.69 Å². The SMILES string of the molecule is O=S(=O)(OS(=O)(=O)C(F)(F)F)C(F)(F)F.c1ccc(COc2ccc(-n3nnnc3C3CC3)cc2)cc1. The van der Waals surface area contributed by atoms with E-state index in [1.54, 1.807) is 0 Å². The normalized spacial score (nSPS) is 14.5. The molecular formula is C19H16F6N4O6S2. The highest BCUT2D eigenvalue weighted by molar-refractivity contribution is 8.00. The first-order valence-electron chi connectivity index (χ1n) is 10.00. The maximum Gasteiger partial charge on any atom is 0.524 e. The lowest BCUT2D eigenvalue weighted by Crippen LogP contribution is -2.34. The molecule has 1 fully saturated rings. The molecule has 0 aliphatic heterocycles. The molecule has 0 saturated heterocycles. The van der Waals surface area contributed by atoms with Crippen molar-refractivity contribution in [1.82, 2.24) is 20.2 Å². The minimum atomic E-state index is -6.85. The molecule has 1 heterocycles. The minimum absolute atomic E-state index is 0.518. The number of tetrazole rings is 1. The van der Waals surface area contributed by atoms with E-state index >= 15 is 0 Å². The van der Waals surface area contributed by atoms with Gasteiger partial charge in [-0.2, -0.15) is 47.9 Å². The van der Waals surface area contributed by atoms with Gasteiger partial charge in [0.2, 0.25) is 0 Å². The first-order chi connectivity index (χ1) is 17.1. The molecule has 0 N–H and O–H groups in total. The summed E-state index contributed by atoms with van der Waals surface area (Å²) in [5.74, 6) is 2.32. The van der Waals surface area contributed by atoms with E-state index in [9.17, 15) is 43.2 Å². The maximum absolute atomic E-state index is 11.4. The first-order valence-corrected chi connectivity index (χ1v) is 12.8. The van der Waals surface area contributed by atoms with Gasteiger partial charge in [0, 0.05) is 5.92 Å². The molecule has 2 aromatic carbocycles. The first kappa shape index (κ1) is 28.3. The zero-order valence-electron chi connectivity index (χ0n) is 18.2. The molecule has 10 nitrogen and oxygen atoms in total. The van der Waals surface area contributed by atoms with Gasteiger partial charge < -0.3 is 4.74 Å². The summed E-state index contributed by atoms with van der Waals surface area (Å²) in [4.78, 5) is 0.